The van der Waals surface area contributed by atoms with Crippen molar-refractivity contribution in [2.75, 3.05) is 6.61 Å². The van der Waals surface area contributed by atoms with Crippen molar-refractivity contribution in [2.24, 2.45) is 0 Å². The third kappa shape index (κ3) is 4.49. The molecule has 5 heteroatoms. The van der Waals surface area contributed by atoms with E-state index in [9.17, 15) is 4.79 Å². The van der Waals surface area contributed by atoms with Gasteiger partial charge in [0.05, 0.1) is 19.6 Å². The van der Waals surface area contributed by atoms with E-state index in [2.05, 4.69) is 17.2 Å². The zero-order chi connectivity index (χ0) is 14.2. The Bertz CT molecular complexity index is 605. The van der Waals surface area contributed by atoms with E-state index in [1.807, 2.05) is 29.0 Å². The van der Waals surface area contributed by atoms with Gasteiger partial charge in [0, 0.05) is 21.7 Å². The summed E-state index contributed by atoms with van der Waals surface area (Å²) < 4.78 is 0. The smallest absolute Gasteiger partial charge is 0.225 e. The maximum atomic E-state index is 11.8. The van der Waals surface area contributed by atoms with Gasteiger partial charge < -0.3 is 10.4 Å². The summed E-state index contributed by atoms with van der Waals surface area (Å²) in [5.74, 6) is 5.94. The quantitative estimate of drug-likeness (QED) is 0.833. The number of rotatable bonds is 5. The molecule has 0 fully saturated rings. The molecule has 0 aliphatic rings. The van der Waals surface area contributed by atoms with Gasteiger partial charge in [-0.1, -0.05) is 17.9 Å². The number of amides is 1. The van der Waals surface area contributed by atoms with Crippen molar-refractivity contribution in [3.05, 3.63) is 44.3 Å². The largest absolute Gasteiger partial charge is 0.395 e. The fourth-order valence-electron chi connectivity index (χ4n) is 1.62. The van der Waals surface area contributed by atoms with E-state index in [0.717, 1.165) is 15.3 Å². The van der Waals surface area contributed by atoms with Gasteiger partial charge in [-0.3, -0.25) is 4.79 Å². The first-order valence-electron chi connectivity index (χ1n) is 6.25. The maximum absolute atomic E-state index is 11.8. The zero-order valence-electron chi connectivity index (χ0n) is 10.9. The molecule has 2 N–H and O–H groups in total. The molecule has 20 heavy (non-hydrogen) atoms. The fourth-order valence-corrected chi connectivity index (χ4v) is 3.09. The number of carbonyl (C=O) groups is 1. The highest BCUT2D eigenvalue weighted by Gasteiger charge is 2.06. The maximum Gasteiger partial charge on any atom is 0.225 e. The monoisotopic (exact) mass is 305 g/mol. The van der Waals surface area contributed by atoms with E-state index < -0.39 is 0 Å². The Morgan fingerprint density at radius 1 is 1.30 bits per heavy atom. The predicted octanol–water partition coefficient (Wildman–Crippen LogP) is 2.40. The Labute approximate surface area is 126 Å². The molecule has 0 saturated carbocycles. The molecule has 0 aliphatic carbocycles. The van der Waals surface area contributed by atoms with Crippen molar-refractivity contribution in [1.29, 1.82) is 0 Å². The highest BCUT2D eigenvalue weighted by Crippen LogP contribution is 2.16. The second-order valence-electron chi connectivity index (χ2n) is 4.07. The number of thiophene rings is 2. The Morgan fingerprint density at radius 2 is 2.20 bits per heavy atom. The Kier molecular flexibility index (Phi) is 5.81. The second kappa shape index (κ2) is 7.85. The molecule has 0 aromatic carbocycles. The van der Waals surface area contributed by atoms with Gasteiger partial charge in [0.25, 0.3) is 0 Å². The molecule has 0 spiro atoms. The first-order valence-corrected chi connectivity index (χ1v) is 8.00. The lowest BCUT2D eigenvalue weighted by Gasteiger charge is -2.03. The van der Waals surface area contributed by atoms with Crippen LogP contribution < -0.4 is 5.32 Å². The number of nitrogens with one attached hydrogen (secondary N) is 1. The minimum atomic E-state index is 0.0233. The van der Waals surface area contributed by atoms with Gasteiger partial charge in [-0.15, -0.1) is 22.7 Å². The SMILES string of the molecule is O=C(Cc1cccs1)NCc1sccc1C#CCCO. The van der Waals surface area contributed by atoms with Gasteiger partial charge in [0.15, 0.2) is 0 Å². The van der Waals surface area contributed by atoms with Crippen molar-refractivity contribution in [3.8, 4) is 11.8 Å². The molecule has 0 atom stereocenters. The minimum Gasteiger partial charge on any atom is -0.395 e. The highest BCUT2D eigenvalue weighted by atomic mass is 32.1. The Balaban J connectivity index is 1.86. The molecule has 2 rings (SSSR count). The van der Waals surface area contributed by atoms with E-state index in [0.29, 0.717) is 19.4 Å². The lowest BCUT2D eigenvalue weighted by Crippen LogP contribution is -2.24. The van der Waals surface area contributed by atoms with Gasteiger partial charge in [0.1, 0.15) is 0 Å². The van der Waals surface area contributed by atoms with Crippen LogP contribution in [0.15, 0.2) is 29.0 Å². The number of aliphatic hydroxyl groups is 1. The van der Waals surface area contributed by atoms with Gasteiger partial charge in [0.2, 0.25) is 5.91 Å². The Hall–Kier alpha value is -1.61. The van der Waals surface area contributed by atoms with Crippen LogP contribution in [0.3, 0.4) is 0 Å². The van der Waals surface area contributed by atoms with Crippen molar-refractivity contribution in [2.45, 2.75) is 19.4 Å². The fraction of sp³-hybridized carbons (Fsp3) is 0.267. The van der Waals surface area contributed by atoms with E-state index in [4.69, 9.17) is 5.11 Å². The summed E-state index contributed by atoms with van der Waals surface area (Å²) in [6, 6.07) is 5.85. The van der Waals surface area contributed by atoms with Crippen molar-refractivity contribution >= 4 is 28.6 Å². The van der Waals surface area contributed by atoms with E-state index in [1.54, 1.807) is 22.7 Å². The molecule has 2 aromatic rings. The topological polar surface area (TPSA) is 49.3 Å². The number of hydrogen-bond acceptors (Lipinski definition) is 4. The van der Waals surface area contributed by atoms with Crippen LogP contribution in [-0.4, -0.2) is 17.6 Å². The third-order valence-electron chi connectivity index (χ3n) is 2.57. The molecule has 2 heterocycles. The first-order chi connectivity index (χ1) is 9.79. The summed E-state index contributed by atoms with van der Waals surface area (Å²) in [5.41, 5.74) is 0.930. The molecule has 104 valence electrons. The predicted molar refractivity (Wildman–Crippen MR) is 82.8 cm³/mol. The average Bonchev–Trinajstić information content (AvgIpc) is 3.08. The van der Waals surface area contributed by atoms with Gasteiger partial charge in [-0.05, 0) is 22.9 Å². The molecule has 1 amide bonds. The average molecular weight is 305 g/mol. The van der Waals surface area contributed by atoms with E-state index in [-0.39, 0.29) is 12.5 Å². The summed E-state index contributed by atoms with van der Waals surface area (Å²) in [7, 11) is 0. The minimum absolute atomic E-state index is 0.0233. The third-order valence-corrected chi connectivity index (χ3v) is 4.36. The van der Waals surface area contributed by atoms with Crippen molar-refractivity contribution in [3.63, 3.8) is 0 Å². The second-order valence-corrected chi connectivity index (χ2v) is 6.10. The lowest BCUT2D eigenvalue weighted by molar-refractivity contribution is -0.120. The molecule has 2 aromatic heterocycles. The molecule has 3 nitrogen and oxygen atoms in total. The van der Waals surface area contributed by atoms with Crippen molar-refractivity contribution < 1.29 is 9.90 Å². The molecular weight excluding hydrogens is 290 g/mol. The zero-order valence-corrected chi connectivity index (χ0v) is 12.5. The van der Waals surface area contributed by atoms with Gasteiger partial charge in [-0.25, -0.2) is 0 Å². The number of aliphatic hydroxyl groups excluding tert-OH is 1. The first kappa shape index (κ1) is 14.8. The number of carbonyl (C=O) groups excluding carboxylic acids is 1. The van der Waals surface area contributed by atoms with E-state index in [1.165, 1.54) is 0 Å². The van der Waals surface area contributed by atoms with Crippen LogP contribution in [0.4, 0.5) is 0 Å². The lowest BCUT2D eigenvalue weighted by atomic mass is 10.2. The van der Waals surface area contributed by atoms with E-state index >= 15 is 0 Å². The molecule has 0 unspecified atom stereocenters. The summed E-state index contributed by atoms with van der Waals surface area (Å²) in [4.78, 5) is 13.9. The van der Waals surface area contributed by atoms with Crippen molar-refractivity contribution in [1.82, 2.24) is 5.32 Å². The number of hydrogen-bond donors (Lipinski definition) is 2. The molecule has 0 bridgehead atoms. The van der Waals surface area contributed by atoms with Gasteiger partial charge >= 0.3 is 0 Å². The normalized spacial score (nSPS) is 9.85. The van der Waals surface area contributed by atoms with Crippen LogP contribution in [0.5, 0.6) is 0 Å². The van der Waals surface area contributed by atoms with Crippen LogP contribution in [0.25, 0.3) is 0 Å². The molecular formula is C15H15NO2S2. The highest BCUT2D eigenvalue weighted by molar-refractivity contribution is 7.10. The molecule has 0 radical (unpaired) electrons. The molecule has 0 aliphatic heterocycles. The van der Waals surface area contributed by atoms with Gasteiger partial charge in [-0.2, -0.15) is 0 Å². The standard InChI is InChI=1S/C15H15NO2S2/c17-7-2-1-4-12-6-9-20-14(12)11-16-15(18)10-13-5-3-8-19-13/h3,5-6,8-9,17H,2,7,10-11H2,(H,16,18). The summed E-state index contributed by atoms with van der Waals surface area (Å²) in [5, 5.41) is 15.6. The van der Waals surface area contributed by atoms with Crippen LogP contribution in [0, 0.1) is 11.8 Å². The summed E-state index contributed by atoms with van der Waals surface area (Å²) in [6.07, 6.45) is 0.897. The summed E-state index contributed by atoms with van der Waals surface area (Å²) in [6.45, 7) is 0.578. The Morgan fingerprint density at radius 3 is 2.95 bits per heavy atom. The summed E-state index contributed by atoms with van der Waals surface area (Å²) >= 11 is 3.17. The van der Waals surface area contributed by atoms with Crippen LogP contribution in [0.2, 0.25) is 0 Å². The molecule has 0 saturated heterocycles. The van der Waals surface area contributed by atoms with Crippen LogP contribution in [0.1, 0.15) is 21.7 Å². The van der Waals surface area contributed by atoms with Crippen LogP contribution in [-0.2, 0) is 17.8 Å². The van der Waals surface area contributed by atoms with Crippen LogP contribution >= 0.6 is 22.7 Å².